The first-order chi connectivity index (χ1) is 10.2. The fraction of sp³-hybridized carbons (Fsp3) is 0.611. The molecule has 3 heteroatoms. The average Bonchev–Trinajstić information content (AvgIpc) is 2.54. The van der Waals surface area contributed by atoms with Gasteiger partial charge in [-0.2, -0.15) is 0 Å². The van der Waals surface area contributed by atoms with Gasteiger partial charge in [-0.05, 0) is 43.7 Å². The number of benzene rings is 1. The molecule has 1 atom stereocenters. The highest BCUT2D eigenvalue weighted by atomic mass is 16.5. The second kappa shape index (κ2) is 8.06. The van der Waals surface area contributed by atoms with E-state index >= 15 is 0 Å². The number of carbonyl (C=O) groups is 1. The second-order valence-corrected chi connectivity index (χ2v) is 5.97. The Morgan fingerprint density at radius 3 is 2.71 bits per heavy atom. The molecule has 116 valence electrons. The van der Waals surface area contributed by atoms with Crippen molar-refractivity contribution in [2.24, 2.45) is 5.92 Å². The van der Waals surface area contributed by atoms with Crippen LogP contribution in [0.2, 0.25) is 0 Å². The van der Waals surface area contributed by atoms with Gasteiger partial charge in [0, 0.05) is 6.54 Å². The summed E-state index contributed by atoms with van der Waals surface area (Å²) in [5.41, 5.74) is 1.14. The third-order valence-electron chi connectivity index (χ3n) is 4.32. The van der Waals surface area contributed by atoms with E-state index in [9.17, 15) is 4.79 Å². The van der Waals surface area contributed by atoms with Crippen molar-refractivity contribution >= 4 is 5.91 Å². The molecule has 1 aromatic rings. The van der Waals surface area contributed by atoms with Crippen LogP contribution < -0.4 is 10.1 Å². The Morgan fingerprint density at radius 1 is 1.29 bits per heavy atom. The number of hydrogen-bond acceptors (Lipinski definition) is 2. The maximum absolute atomic E-state index is 12.2. The van der Waals surface area contributed by atoms with Gasteiger partial charge in [0.25, 0.3) is 5.91 Å². The van der Waals surface area contributed by atoms with Gasteiger partial charge >= 0.3 is 0 Å². The highest BCUT2D eigenvalue weighted by molar-refractivity contribution is 5.80. The van der Waals surface area contributed by atoms with Crippen molar-refractivity contribution in [3.63, 3.8) is 0 Å². The first-order valence-corrected chi connectivity index (χ1v) is 8.23. The standard InChI is InChI=1S/C18H27NO2/c1-3-16-11-7-8-12-17(16)21-14(2)18(20)19-13-15-9-5-4-6-10-15/h7-8,11-12,14-15H,3-6,9-10,13H2,1-2H3,(H,19,20)/t14-/m1/s1. The molecule has 0 unspecified atom stereocenters. The van der Waals surface area contributed by atoms with Crippen LogP contribution in [-0.4, -0.2) is 18.6 Å². The molecule has 1 fully saturated rings. The fourth-order valence-corrected chi connectivity index (χ4v) is 2.93. The summed E-state index contributed by atoms with van der Waals surface area (Å²) in [4.78, 5) is 12.2. The number of nitrogens with one attached hydrogen (secondary N) is 1. The number of ether oxygens (including phenoxy) is 1. The summed E-state index contributed by atoms with van der Waals surface area (Å²) in [6, 6.07) is 7.92. The van der Waals surface area contributed by atoms with E-state index in [2.05, 4.69) is 12.2 Å². The summed E-state index contributed by atoms with van der Waals surface area (Å²) < 4.78 is 5.83. The topological polar surface area (TPSA) is 38.3 Å². The van der Waals surface area contributed by atoms with Crippen LogP contribution >= 0.6 is 0 Å². The number of carbonyl (C=O) groups excluding carboxylic acids is 1. The van der Waals surface area contributed by atoms with Crippen LogP contribution in [0.25, 0.3) is 0 Å². The molecule has 0 spiro atoms. The molecule has 0 bridgehead atoms. The molecule has 1 amide bonds. The lowest BCUT2D eigenvalue weighted by molar-refractivity contribution is -0.127. The maximum atomic E-state index is 12.2. The van der Waals surface area contributed by atoms with Crippen molar-refractivity contribution in [2.75, 3.05) is 6.54 Å². The van der Waals surface area contributed by atoms with E-state index in [1.165, 1.54) is 32.1 Å². The summed E-state index contributed by atoms with van der Waals surface area (Å²) in [7, 11) is 0. The van der Waals surface area contributed by atoms with Crippen molar-refractivity contribution in [1.29, 1.82) is 0 Å². The molecule has 0 saturated heterocycles. The molecule has 0 heterocycles. The molecule has 3 nitrogen and oxygen atoms in total. The number of rotatable bonds is 6. The Kier molecular flexibility index (Phi) is 6.09. The molecule has 2 rings (SSSR count). The Bertz CT molecular complexity index is 452. The van der Waals surface area contributed by atoms with Gasteiger partial charge in [-0.3, -0.25) is 4.79 Å². The van der Waals surface area contributed by atoms with Crippen molar-refractivity contribution in [1.82, 2.24) is 5.32 Å². The van der Waals surface area contributed by atoms with E-state index in [1.807, 2.05) is 31.2 Å². The van der Waals surface area contributed by atoms with E-state index in [4.69, 9.17) is 4.74 Å². The summed E-state index contributed by atoms with van der Waals surface area (Å²) in [6.07, 6.45) is 6.90. The molecular weight excluding hydrogens is 262 g/mol. The predicted octanol–water partition coefficient (Wildman–Crippen LogP) is 3.71. The molecular formula is C18H27NO2. The van der Waals surface area contributed by atoms with Crippen LogP contribution in [0.15, 0.2) is 24.3 Å². The lowest BCUT2D eigenvalue weighted by Crippen LogP contribution is -2.39. The Hall–Kier alpha value is -1.51. The van der Waals surface area contributed by atoms with Crippen LogP contribution in [0, 0.1) is 5.92 Å². The molecule has 0 aromatic heterocycles. The van der Waals surface area contributed by atoms with Gasteiger partial charge in [0.05, 0.1) is 0 Å². The number of amides is 1. The van der Waals surface area contributed by atoms with Gasteiger partial charge in [0.1, 0.15) is 5.75 Å². The third kappa shape index (κ3) is 4.76. The zero-order valence-corrected chi connectivity index (χ0v) is 13.2. The lowest BCUT2D eigenvalue weighted by atomic mass is 9.89. The average molecular weight is 289 g/mol. The quantitative estimate of drug-likeness (QED) is 0.867. The minimum absolute atomic E-state index is 0.00789. The molecule has 1 aromatic carbocycles. The molecule has 1 aliphatic carbocycles. The normalized spacial score (nSPS) is 17.2. The van der Waals surface area contributed by atoms with Crippen LogP contribution in [-0.2, 0) is 11.2 Å². The van der Waals surface area contributed by atoms with Gasteiger partial charge in [-0.15, -0.1) is 0 Å². The summed E-state index contributed by atoms with van der Waals surface area (Å²) >= 11 is 0. The first kappa shape index (κ1) is 15.9. The number of para-hydroxylation sites is 1. The van der Waals surface area contributed by atoms with Crippen molar-refractivity contribution < 1.29 is 9.53 Å². The van der Waals surface area contributed by atoms with Crippen LogP contribution in [0.4, 0.5) is 0 Å². The number of aryl methyl sites for hydroxylation is 1. The van der Waals surface area contributed by atoms with E-state index < -0.39 is 6.10 Å². The van der Waals surface area contributed by atoms with Crippen molar-refractivity contribution in [3.8, 4) is 5.75 Å². The first-order valence-electron chi connectivity index (χ1n) is 8.23. The molecule has 0 radical (unpaired) electrons. The highest BCUT2D eigenvalue weighted by Gasteiger charge is 2.18. The summed E-state index contributed by atoms with van der Waals surface area (Å²) in [6.45, 7) is 4.71. The molecule has 0 aliphatic heterocycles. The van der Waals surface area contributed by atoms with Crippen LogP contribution in [0.3, 0.4) is 0 Å². The summed E-state index contributed by atoms with van der Waals surface area (Å²) in [5.74, 6) is 1.46. The summed E-state index contributed by atoms with van der Waals surface area (Å²) in [5, 5.41) is 3.05. The second-order valence-electron chi connectivity index (χ2n) is 5.97. The predicted molar refractivity (Wildman–Crippen MR) is 85.5 cm³/mol. The van der Waals surface area contributed by atoms with Gasteiger partial charge in [-0.1, -0.05) is 44.4 Å². The van der Waals surface area contributed by atoms with Gasteiger partial charge in [-0.25, -0.2) is 0 Å². The molecule has 1 aliphatic rings. The minimum Gasteiger partial charge on any atom is -0.481 e. The van der Waals surface area contributed by atoms with E-state index in [0.717, 1.165) is 24.3 Å². The molecule has 1 saturated carbocycles. The smallest absolute Gasteiger partial charge is 0.260 e. The Labute approximate surface area is 128 Å². The maximum Gasteiger partial charge on any atom is 0.260 e. The highest BCUT2D eigenvalue weighted by Crippen LogP contribution is 2.23. The number of hydrogen-bond donors (Lipinski definition) is 1. The molecule has 1 N–H and O–H groups in total. The van der Waals surface area contributed by atoms with Crippen LogP contribution in [0.5, 0.6) is 5.75 Å². The Balaban J connectivity index is 1.81. The van der Waals surface area contributed by atoms with E-state index in [1.54, 1.807) is 0 Å². The Morgan fingerprint density at radius 2 is 2.00 bits per heavy atom. The zero-order valence-electron chi connectivity index (χ0n) is 13.2. The zero-order chi connectivity index (χ0) is 15.1. The fourth-order valence-electron chi connectivity index (χ4n) is 2.93. The third-order valence-corrected chi connectivity index (χ3v) is 4.32. The molecule has 21 heavy (non-hydrogen) atoms. The van der Waals surface area contributed by atoms with Crippen molar-refractivity contribution in [2.45, 2.75) is 58.5 Å². The van der Waals surface area contributed by atoms with E-state index in [0.29, 0.717) is 5.92 Å². The van der Waals surface area contributed by atoms with E-state index in [-0.39, 0.29) is 5.91 Å². The van der Waals surface area contributed by atoms with Crippen LogP contribution in [0.1, 0.15) is 51.5 Å². The van der Waals surface area contributed by atoms with Crippen molar-refractivity contribution in [3.05, 3.63) is 29.8 Å². The monoisotopic (exact) mass is 289 g/mol. The van der Waals surface area contributed by atoms with Gasteiger partial charge in [0.15, 0.2) is 6.10 Å². The van der Waals surface area contributed by atoms with Gasteiger partial charge in [0.2, 0.25) is 0 Å². The minimum atomic E-state index is -0.443. The lowest BCUT2D eigenvalue weighted by Gasteiger charge is -2.23. The SMILES string of the molecule is CCc1ccccc1O[C@H](C)C(=O)NCC1CCCCC1. The largest absolute Gasteiger partial charge is 0.481 e. The van der Waals surface area contributed by atoms with Gasteiger partial charge < -0.3 is 10.1 Å².